The van der Waals surface area contributed by atoms with Crippen LogP contribution in [0.4, 0.5) is 10.2 Å². The number of anilines is 1. The predicted octanol–water partition coefficient (Wildman–Crippen LogP) is 2.39. The molecule has 0 amide bonds. The number of nitrogens with one attached hydrogen (secondary N) is 1. The van der Waals surface area contributed by atoms with Crippen molar-refractivity contribution in [1.82, 2.24) is 14.9 Å². The van der Waals surface area contributed by atoms with Crippen LogP contribution in [-0.2, 0) is 0 Å². The lowest BCUT2D eigenvalue weighted by atomic mass is 10.0. The Morgan fingerprint density at radius 1 is 1.43 bits per heavy atom. The summed E-state index contributed by atoms with van der Waals surface area (Å²) in [6.45, 7) is 6.50. The molecule has 1 saturated heterocycles. The summed E-state index contributed by atoms with van der Waals surface area (Å²) >= 11 is 0. The molecule has 0 spiro atoms. The average molecular weight is 388 g/mol. The maximum absolute atomic E-state index is 14.9. The van der Waals surface area contributed by atoms with Gasteiger partial charge in [0.25, 0.3) is 0 Å². The molecular formula is C20H25FN4O3. The van der Waals surface area contributed by atoms with Crippen LogP contribution in [-0.4, -0.2) is 46.3 Å². The van der Waals surface area contributed by atoms with Gasteiger partial charge in [0, 0.05) is 31.4 Å². The van der Waals surface area contributed by atoms with Crippen molar-refractivity contribution >= 4 is 22.8 Å². The van der Waals surface area contributed by atoms with Gasteiger partial charge in [-0.1, -0.05) is 6.92 Å². The highest BCUT2D eigenvalue weighted by atomic mass is 19.1. The normalized spacial score (nSPS) is 20.7. The van der Waals surface area contributed by atoms with Crippen molar-refractivity contribution in [3.05, 3.63) is 33.9 Å². The van der Waals surface area contributed by atoms with E-state index in [9.17, 15) is 19.1 Å². The molecule has 0 bridgehead atoms. The Bertz CT molecular complexity index is 986. The minimum absolute atomic E-state index is 0.0322. The van der Waals surface area contributed by atoms with Crippen LogP contribution >= 0.6 is 0 Å². The lowest BCUT2D eigenvalue weighted by Gasteiger charge is -2.22. The van der Waals surface area contributed by atoms with Crippen molar-refractivity contribution in [2.24, 2.45) is 5.92 Å². The molecule has 2 aromatic heterocycles. The van der Waals surface area contributed by atoms with Crippen LogP contribution in [0.2, 0.25) is 0 Å². The zero-order chi connectivity index (χ0) is 20.0. The Labute approximate surface area is 162 Å². The molecule has 3 heterocycles. The molecule has 150 valence electrons. The average Bonchev–Trinajstić information content (AvgIpc) is 3.38. The summed E-state index contributed by atoms with van der Waals surface area (Å²) in [6, 6.07) is 1.61. The molecule has 2 aliphatic rings. The Morgan fingerprint density at radius 2 is 2.18 bits per heavy atom. The van der Waals surface area contributed by atoms with E-state index >= 15 is 0 Å². The van der Waals surface area contributed by atoms with Crippen LogP contribution in [0, 0.1) is 11.7 Å². The van der Waals surface area contributed by atoms with Gasteiger partial charge in [0.2, 0.25) is 5.43 Å². The summed E-state index contributed by atoms with van der Waals surface area (Å²) in [5.74, 6) is -1.23. The summed E-state index contributed by atoms with van der Waals surface area (Å²) < 4.78 is 16.6. The third-order valence-corrected chi connectivity index (χ3v) is 5.87. The van der Waals surface area contributed by atoms with Gasteiger partial charge < -0.3 is 19.9 Å². The van der Waals surface area contributed by atoms with Gasteiger partial charge in [-0.25, -0.2) is 14.2 Å². The molecule has 1 saturated carbocycles. The van der Waals surface area contributed by atoms with Crippen LogP contribution < -0.4 is 15.6 Å². The number of hydrogen-bond acceptors (Lipinski definition) is 5. The summed E-state index contributed by atoms with van der Waals surface area (Å²) in [7, 11) is 0. The maximum Gasteiger partial charge on any atom is 0.341 e. The van der Waals surface area contributed by atoms with E-state index in [1.54, 1.807) is 4.57 Å². The van der Waals surface area contributed by atoms with Crippen molar-refractivity contribution in [3.63, 3.8) is 0 Å². The standard InChI is InChI=1S/C20H25FN4O3/c1-3-22-11(2)12-6-7-24(9-12)19-16(21)8-14-17(26)15(20(27)28)10-25(13-4-5-13)18(14)23-19/h8,10-13,22H,3-7,9H2,1-2H3,(H,27,28)/t11-,12?/m1/s1. The third-order valence-electron chi connectivity index (χ3n) is 5.87. The first-order chi connectivity index (χ1) is 13.4. The molecule has 1 unspecified atom stereocenters. The van der Waals surface area contributed by atoms with E-state index in [2.05, 4.69) is 24.1 Å². The summed E-state index contributed by atoms with van der Waals surface area (Å²) in [5.41, 5.74) is -0.649. The first-order valence-electron chi connectivity index (χ1n) is 9.87. The van der Waals surface area contributed by atoms with Crippen molar-refractivity contribution < 1.29 is 14.3 Å². The first kappa shape index (κ1) is 18.9. The minimum atomic E-state index is -1.30. The van der Waals surface area contributed by atoms with Gasteiger partial charge in [0.1, 0.15) is 11.2 Å². The number of fused-ring (bicyclic) bond motifs is 1. The number of carboxylic acid groups (broad SMARTS) is 1. The molecule has 7 nitrogen and oxygen atoms in total. The van der Waals surface area contributed by atoms with E-state index < -0.39 is 17.2 Å². The molecule has 8 heteroatoms. The van der Waals surface area contributed by atoms with Crippen LogP contribution in [0.1, 0.15) is 49.5 Å². The van der Waals surface area contributed by atoms with Crippen molar-refractivity contribution in [2.45, 2.75) is 45.2 Å². The second kappa shape index (κ2) is 7.16. The van der Waals surface area contributed by atoms with Gasteiger partial charge >= 0.3 is 5.97 Å². The van der Waals surface area contributed by atoms with Crippen molar-refractivity contribution in [2.75, 3.05) is 24.5 Å². The molecule has 1 aliphatic carbocycles. The number of carboxylic acids is 1. The molecule has 0 aromatic carbocycles. The topological polar surface area (TPSA) is 87.5 Å². The zero-order valence-electron chi connectivity index (χ0n) is 16.1. The second-order valence-corrected chi connectivity index (χ2v) is 7.82. The lowest BCUT2D eigenvalue weighted by molar-refractivity contribution is 0.0695. The first-order valence-corrected chi connectivity index (χ1v) is 9.87. The molecule has 2 atom stereocenters. The van der Waals surface area contributed by atoms with Gasteiger partial charge in [-0.15, -0.1) is 0 Å². The molecule has 2 fully saturated rings. The highest BCUT2D eigenvalue weighted by molar-refractivity contribution is 5.92. The largest absolute Gasteiger partial charge is 0.477 e. The number of nitrogens with zero attached hydrogens (tertiary/aromatic N) is 3. The van der Waals surface area contributed by atoms with Crippen LogP contribution in [0.25, 0.3) is 11.0 Å². The van der Waals surface area contributed by atoms with E-state index in [0.717, 1.165) is 31.9 Å². The van der Waals surface area contributed by atoms with Gasteiger partial charge in [-0.05, 0) is 44.7 Å². The number of pyridine rings is 2. The summed E-state index contributed by atoms with van der Waals surface area (Å²) in [6.07, 6.45) is 4.11. The Kier molecular flexibility index (Phi) is 4.82. The van der Waals surface area contributed by atoms with Gasteiger partial charge in [0.05, 0.1) is 5.39 Å². The fourth-order valence-electron chi connectivity index (χ4n) is 4.12. The smallest absolute Gasteiger partial charge is 0.341 e. The van der Waals surface area contributed by atoms with Crippen molar-refractivity contribution in [3.8, 4) is 0 Å². The number of carbonyl (C=O) groups is 1. The third kappa shape index (κ3) is 3.26. The Morgan fingerprint density at radius 3 is 2.82 bits per heavy atom. The molecule has 4 rings (SSSR count). The number of rotatable bonds is 6. The van der Waals surface area contributed by atoms with E-state index in [1.165, 1.54) is 6.20 Å². The second-order valence-electron chi connectivity index (χ2n) is 7.82. The van der Waals surface area contributed by atoms with E-state index in [1.807, 2.05) is 4.90 Å². The fourth-order valence-corrected chi connectivity index (χ4v) is 4.12. The van der Waals surface area contributed by atoms with Crippen LogP contribution in [0.5, 0.6) is 0 Å². The fraction of sp³-hybridized carbons (Fsp3) is 0.550. The summed E-state index contributed by atoms with van der Waals surface area (Å²) in [5, 5.41) is 12.8. The van der Waals surface area contributed by atoms with Gasteiger partial charge in [-0.3, -0.25) is 4.79 Å². The Hall–Kier alpha value is -2.48. The predicted molar refractivity (Wildman–Crippen MR) is 105 cm³/mol. The van der Waals surface area contributed by atoms with Gasteiger partial charge in [0.15, 0.2) is 11.6 Å². The molecule has 2 N–H and O–H groups in total. The quantitative estimate of drug-likeness (QED) is 0.790. The number of aromatic nitrogens is 2. The van der Waals surface area contributed by atoms with Gasteiger partial charge in [-0.2, -0.15) is 0 Å². The molecular weight excluding hydrogens is 363 g/mol. The molecule has 1 aliphatic heterocycles. The lowest BCUT2D eigenvalue weighted by Crippen LogP contribution is -2.35. The van der Waals surface area contributed by atoms with E-state index in [4.69, 9.17) is 0 Å². The van der Waals surface area contributed by atoms with E-state index in [0.29, 0.717) is 30.7 Å². The molecule has 2 aromatic rings. The zero-order valence-corrected chi connectivity index (χ0v) is 16.1. The van der Waals surface area contributed by atoms with Crippen LogP contribution in [0.15, 0.2) is 17.1 Å². The molecule has 0 radical (unpaired) electrons. The number of aromatic carboxylic acids is 1. The van der Waals surface area contributed by atoms with Crippen LogP contribution in [0.3, 0.4) is 0 Å². The van der Waals surface area contributed by atoms with Crippen molar-refractivity contribution in [1.29, 1.82) is 0 Å². The highest BCUT2D eigenvalue weighted by Crippen LogP contribution is 2.37. The minimum Gasteiger partial charge on any atom is -0.477 e. The van der Waals surface area contributed by atoms with E-state index in [-0.39, 0.29) is 22.8 Å². The monoisotopic (exact) mass is 388 g/mol. The highest BCUT2D eigenvalue weighted by Gasteiger charge is 2.31. The molecule has 28 heavy (non-hydrogen) atoms. The number of halogens is 1. The Balaban J connectivity index is 1.76. The number of hydrogen-bond donors (Lipinski definition) is 2. The maximum atomic E-state index is 14.9. The SMILES string of the molecule is CCN[C@H](C)C1CCN(c2nc3c(cc2F)c(=O)c(C(=O)O)cn3C2CC2)C1. The summed E-state index contributed by atoms with van der Waals surface area (Å²) in [4.78, 5) is 30.4.